The topological polar surface area (TPSA) is 50.8 Å². The Morgan fingerprint density at radius 3 is 2.76 bits per heavy atom. The first-order valence-corrected chi connectivity index (χ1v) is 8.97. The summed E-state index contributed by atoms with van der Waals surface area (Å²) < 4.78 is 11.4. The van der Waals surface area contributed by atoms with Crippen LogP contribution < -0.4 is 14.8 Å². The lowest BCUT2D eigenvalue weighted by Crippen LogP contribution is -2.46. The van der Waals surface area contributed by atoms with Gasteiger partial charge in [0.2, 0.25) is 5.91 Å². The molecule has 0 spiro atoms. The SMILES string of the molecule is COc1cc2c(cc1CNC(C)C(=O)N1CCCCC1)OC(C)C2.Cl. The van der Waals surface area contributed by atoms with Gasteiger partial charge >= 0.3 is 0 Å². The molecule has 2 aliphatic heterocycles. The van der Waals surface area contributed by atoms with Crippen molar-refractivity contribution in [2.24, 2.45) is 0 Å². The smallest absolute Gasteiger partial charge is 0.239 e. The van der Waals surface area contributed by atoms with Crippen molar-refractivity contribution in [1.82, 2.24) is 10.2 Å². The maximum atomic E-state index is 12.5. The Labute approximate surface area is 156 Å². The summed E-state index contributed by atoms with van der Waals surface area (Å²) in [5.74, 6) is 1.99. The molecular formula is C19H29ClN2O3. The maximum absolute atomic E-state index is 12.5. The highest BCUT2D eigenvalue weighted by Gasteiger charge is 2.24. The van der Waals surface area contributed by atoms with E-state index in [1.165, 1.54) is 12.0 Å². The van der Waals surface area contributed by atoms with E-state index in [0.29, 0.717) is 6.54 Å². The van der Waals surface area contributed by atoms with E-state index in [9.17, 15) is 4.79 Å². The number of carbonyl (C=O) groups is 1. The molecule has 1 N–H and O–H groups in total. The van der Waals surface area contributed by atoms with Gasteiger partial charge in [0.05, 0.1) is 13.2 Å². The van der Waals surface area contributed by atoms with Crippen molar-refractivity contribution in [3.8, 4) is 11.5 Å². The molecule has 3 rings (SSSR count). The Bertz CT molecular complexity index is 603. The first kappa shape index (κ1) is 19.9. The molecule has 1 fully saturated rings. The van der Waals surface area contributed by atoms with Crippen molar-refractivity contribution in [2.45, 2.75) is 58.2 Å². The number of benzene rings is 1. The van der Waals surface area contributed by atoms with Gasteiger partial charge in [-0.2, -0.15) is 0 Å². The third kappa shape index (κ3) is 4.59. The van der Waals surface area contributed by atoms with E-state index in [1.54, 1.807) is 7.11 Å². The number of halogens is 1. The molecular weight excluding hydrogens is 340 g/mol. The van der Waals surface area contributed by atoms with Crippen LogP contribution in [0.3, 0.4) is 0 Å². The zero-order valence-corrected chi connectivity index (χ0v) is 16.2. The zero-order valence-electron chi connectivity index (χ0n) is 15.3. The highest BCUT2D eigenvalue weighted by Crippen LogP contribution is 2.34. The normalized spacial score (nSPS) is 20.3. The van der Waals surface area contributed by atoms with Crippen LogP contribution in [-0.2, 0) is 17.8 Å². The van der Waals surface area contributed by atoms with Crippen LogP contribution in [-0.4, -0.2) is 43.2 Å². The van der Waals surface area contributed by atoms with Gasteiger partial charge in [-0.1, -0.05) is 0 Å². The van der Waals surface area contributed by atoms with Crippen LogP contribution in [0.5, 0.6) is 11.5 Å². The molecule has 1 saturated heterocycles. The first-order chi connectivity index (χ1) is 11.6. The standard InChI is InChI=1S/C19H28N2O3.ClH/c1-13-9-15-10-17(23-3)16(11-18(15)24-13)12-20-14(2)19(22)21-7-5-4-6-8-21;/h10-11,13-14,20H,4-9,12H2,1-3H3;1H. The van der Waals surface area contributed by atoms with Gasteiger partial charge in [-0.05, 0) is 45.2 Å². The van der Waals surface area contributed by atoms with E-state index in [4.69, 9.17) is 9.47 Å². The summed E-state index contributed by atoms with van der Waals surface area (Å²) in [7, 11) is 1.69. The second kappa shape index (κ2) is 8.77. The lowest BCUT2D eigenvalue weighted by atomic mass is 10.1. The molecule has 140 valence electrons. The summed E-state index contributed by atoms with van der Waals surface area (Å²) in [6.07, 6.45) is 4.60. The highest BCUT2D eigenvalue weighted by atomic mass is 35.5. The summed E-state index contributed by atoms with van der Waals surface area (Å²) in [6, 6.07) is 3.91. The molecule has 0 aromatic heterocycles. The molecule has 25 heavy (non-hydrogen) atoms. The average molecular weight is 369 g/mol. The molecule has 2 aliphatic rings. The monoisotopic (exact) mass is 368 g/mol. The molecule has 2 atom stereocenters. The summed E-state index contributed by atoms with van der Waals surface area (Å²) >= 11 is 0. The average Bonchev–Trinajstić information content (AvgIpc) is 2.97. The second-order valence-electron chi connectivity index (χ2n) is 6.89. The number of ether oxygens (including phenoxy) is 2. The van der Waals surface area contributed by atoms with Crippen LogP contribution in [0.1, 0.15) is 44.2 Å². The molecule has 1 aromatic rings. The number of nitrogens with zero attached hydrogens (tertiary/aromatic N) is 1. The lowest BCUT2D eigenvalue weighted by Gasteiger charge is -2.29. The van der Waals surface area contributed by atoms with Crippen molar-refractivity contribution in [3.63, 3.8) is 0 Å². The van der Waals surface area contributed by atoms with E-state index in [1.807, 2.05) is 17.9 Å². The van der Waals surface area contributed by atoms with Crippen LogP contribution in [0.25, 0.3) is 0 Å². The second-order valence-corrected chi connectivity index (χ2v) is 6.89. The minimum absolute atomic E-state index is 0. The van der Waals surface area contributed by atoms with Gasteiger partial charge in [-0.25, -0.2) is 0 Å². The Morgan fingerprint density at radius 2 is 2.08 bits per heavy atom. The number of piperidine rings is 1. The lowest BCUT2D eigenvalue weighted by molar-refractivity contribution is -0.133. The zero-order chi connectivity index (χ0) is 17.1. The van der Waals surface area contributed by atoms with Gasteiger partial charge in [-0.15, -0.1) is 12.4 Å². The molecule has 2 unspecified atom stereocenters. The summed E-state index contributed by atoms with van der Waals surface area (Å²) in [5.41, 5.74) is 2.23. The van der Waals surface area contributed by atoms with E-state index in [2.05, 4.69) is 18.3 Å². The van der Waals surface area contributed by atoms with E-state index >= 15 is 0 Å². The number of rotatable bonds is 5. The van der Waals surface area contributed by atoms with Gasteiger partial charge in [0.25, 0.3) is 0 Å². The van der Waals surface area contributed by atoms with Crippen molar-refractivity contribution >= 4 is 18.3 Å². The predicted octanol–water partition coefficient (Wildman–Crippen LogP) is 2.93. The molecule has 1 aromatic carbocycles. The quantitative estimate of drug-likeness (QED) is 0.868. The molecule has 2 heterocycles. The molecule has 0 saturated carbocycles. The highest BCUT2D eigenvalue weighted by molar-refractivity contribution is 5.85. The number of fused-ring (bicyclic) bond motifs is 1. The van der Waals surface area contributed by atoms with Crippen LogP contribution >= 0.6 is 12.4 Å². The number of nitrogens with one attached hydrogen (secondary N) is 1. The van der Waals surface area contributed by atoms with Gasteiger partial charge in [0, 0.05) is 37.2 Å². The van der Waals surface area contributed by atoms with Gasteiger partial charge in [-0.3, -0.25) is 4.79 Å². The fourth-order valence-electron chi connectivity index (χ4n) is 3.55. The summed E-state index contributed by atoms with van der Waals surface area (Å²) in [4.78, 5) is 14.5. The molecule has 5 nitrogen and oxygen atoms in total. The number of carbonyl (C=O) groups excluding carboxylic acids is 1. The van der Waals surface area contributed by atoms with Crippen molar-refractivity contribution in [2.75, 3.05) is 20.2 Å². The van der Waals surface area contributed by atoms with Crippen LogP contribution in [0, 0.1) is 0 Å². The van der Waals surface area contributed by atoms with Gasteiger partial charge in [0.15, 0.2) is 0 Å². The maximum Gasteiger partial charge on any atom is 0.239 e. The fourth-order valence-corrected chi connectivity index (χ4v) is 3.55. The molecule has 0 bridgehead atoms. The van der Waals surface area contributed by atoms with E-state index in [0.717, 1.165) is 49.4 Å². The fraction of sp³-hybridized carbons (Fsp3) is 0.632. The molecule has 0 radical (unpaired) electrons. The van der Waals surface area contributed by atoms with Crippen LogP contribution in [0.2, 0.25) is 0 Å². The third-order valence-corrected chi connectivity index (χ3v) is 4.94. The van der Waals surface area contributed by atoms with Crippen LogP contribution in [0.15, 0.2) is 12.1 Å². The minimum atomic E-state index is -0.194. The Kier molecular flexibility index (Phi) is 6.96. The number of likely N-dealkylation sites (tertiary alicyclic amines) is 1. The first-order valence-electron chi connectivity index (χ1n) is 8.97. The number of hydrogen-bond acceptors (Lipinski definition) is 4. The minimum Gasteiger partial charge on any atom is -0.496 e. The van der Waals surface area contributed by atoms with Crippen LogP contribution in [0.4, 0.5) is 0 Å². The Morgan fingerprint density at radius 1 is 1.36 bits per heavy atom. The van der Waals surface area contributed by atoms with Gasteiger partial charge in [0.1, 0.15) is 17.6 Å². The van der Waals surface area contributed by atoms with Crippen molar-refractivity contribution in [1.29, 1.82) is 0 Å². The molecule has 0 aliphatic carbocycles. The summed E-state index contributed by atoms with van der Waals surface area (Å²) in [6.45, 7) is 6.38. The van der Waals surface area contributed by atoms with E-state index in [-0.39, 0.29) is 30.5 Å². The largest absolute Gasteiger partial charge is 0.496 e. The van der Waals surface area contributed by atoms with Crippen molar-refractivity contribution in [3.05, 3.63) is 23.3 Å². The predicted molar refractivity (Wildman–Crippen MR) is 101 cm³/mol. The summed E-state index contributed by atoms with van der Waals surface area (Å²) in [5, 5.41) is 3.35. The Hall–Kier alpha value is -1.46. The number of amides is 1. The number of hydrogen-bond donors (Lipinski definition) is 1. The van der Waals surface area contributed by atoms with E-state index < -0.39 is 0 Å². The van der Waals surface area contributed by atoms with Crippen molar-refractivity contribution < 1.29 is 14.3 Å². The number of methoxy groups -OCH3 is 1. The molecule has 6 heteroatoms. The molecule has 1 amide bonds. The third-order valence-electron chi connectivity index (χ3n) is 4.94. The van der Waals surface area contributed by atoms with Gasteiger partial charge < -0.3 is 19.7 Å². The Balaban J connectivity index is 0.00000225.